The first-order valence-corrected chi connectivity index (χ1v) is 10.7. The van der Waals surface area contributed by atoms with Gasteiger partial charge in [-0.3, -0.25) is 23.4 Å². The Morgan fingerprint density at radius 3 is 2.59 bits per heavy atom. The minimum absolute atomic E-state index is 0.0960. The maximum atomic E-state index is 12.8. The molecule has 0 radical (unpaired) electrons. The molecule has 4 aromatic rings. The van der Waals surface area contributed by atoms with Crippen molar-refractivity contribution < 1.29 is 9.59 Å². The average molecular weight is 449 g/mol. The van der Waals surface area contributed by atoms with Crippen molar-refractivity contribution in [3.05, 3.63) is 77.1 Å². The van der Waals surface area contributed by atoms with Crippen LogP contribution in [0.2, 0.25) is 0 Å². The molecule has 10 heteroatoms. The van der Waals surface area contributed by atoms with E-state index in [1.165, 1.54) is 16.3 Å². The zero-order valence-electron chi connectivity index (χ0n) is 17.0. The van der Waals surface area contributed by atoms with Crippen LogP contribution in [0.25, 0.3) is 16.7 Å². The van der Waals surface area contributed by atoms with E-state index in [0.29, 0.717) is 34.1 Å². The standard InChI is InChI=1S/C22H20N6O3S/c1-2-11-27-20(31)16-5-3-4-6-17(16)28-21(27)25-26-22(28)32-13-19(30)24-15-9-7-14(8-10-15)12-18(23)29/h2-10H,1,11-13H2,(H2,23,29)(H,24,30). The van der Waals surface area contributed by atoms with Gasteiger partial charge in [-0.25, -0.2) is 0 Å². The van der Waals surface area contributed by atoms with Gasteiger partial charge in [0.2, 0.25) is 17.6 Å². The molecule has 0 aliphatic carbocycles. The van der Waals surface area contributed by atoms with E-state index in [2.05, 4.69) is 22.1 Å². The van der Waals surface area contributed by atoms with Crippen LogP contribution >= 0.6 is 11.8 Å². The quantitative estimate of drug-likeness (QED) is 0.314. The Morgan fingerprint density at radius 2 is 1.88 bits per heavy atom. The van der Waals surface area contributed by atoms with Gasteiger partial charge in [0.15, 0.2) is 5.16 Å². The maximum Gasteiger partial charge on any atom is 0.263 e. The summed E-state index contributed by atoms with van der Waals surface area (Å²) in [6.45, 7) is 4.01. The summed E-state index contributed by atoms with van der Waals surface area (Å²) in [5.74, 6) is -0.150. The van der Waals surface area contributed by atoms with Crippen LogP contribution in [0.1, 0.15) is 5.56 Å². The SMILES string of the molecule is C=CCn1c(=O)c2ccccc2n2c(SCC(=O)Nc3ccc(CC(N)=O)cc3)nnc12. The molecule has 162 valence electrons. The van der Waals surface area contributed by atoms with E-state index < -0.39 is 5.91 Å². The number of nitrogens with two attached hydrogens (primary N) is 1. The van der Waals surface area contributed by atoms with E-state index in [-0.39, 0.29) is 23.6 Å². The van der Waals surface area contributed by atoms with E-state index in [9.17, 15) is 14.4 Å². The highest BCUT2D eigenvalue weighted by Gasteiger charge is 2.17. The van der Waals surface area contributed by atoms with Crippen LogP contribution in [0.4, 0.5) is 5.69 Å². The van der Waals surface area contributed by atoms with Crippen molar-refractivity contribution in [1.82, 2.24) is 19.2 Å². The molecule has 0 unspecified atom stereocenters. The van der Waals surface area contributed by atoms with Gasteiger partial charge in [0.25, 0.3) is 5.56 Å². The lowest BCUT2D eigenvalue weighted by Crippen LogP contribution is -2.22. The highest BCUT2D eigenvalue weighted by atomic mass is 32.2. The number of aromatic nitrogens is 4. The number of para-hydroxylation sites is 1. The zero-order valence-corrected chi connectivity index (χ0v) is 17.8. The van der Waals surface area contributed by atoms with Crippen molar-refractivity contribution in [3.8, 4) is 0 Å². The molecule has 4 rings (SSSR count). The first kappa shape index (κ1) is 21.3. The van der Waals surface area contributed by atoms with Gasteiger partial charge in [0.05, 0.1) is 23.1 Å². The fraction of sp³-hybridized carbons (Fsp3) is 0.136. The molecule has 3 N–H and O–H groups in total. The summed E-state index contributed by atoms with van der Waals surface area (Å²) in [6.07, 6.45) is 1.77. The summed E-state index contributed by atoms with van der Waals surface area (Å²) in [4.78, 5) is 36.3. The smallest absolute Gasteiger partial charge is 0.263 e. The lowest BCUT2D eigenvalue weighted by Gasteiger charge is -2.09. The first-order valence-electron chi connectivity index (χ1n) is 9.75. The number of hydrogen-bond acceptors (Lipinski definition) is 6. The molecule has 0 aliphatic heterocycles. The lowest BCUT2D eigenvalue weighted by atomic mass is 10.1. The molecule has 2 amide bonds. The number of rotatable bonds is 8. The number of allylic oxidation sites excluding steroid dienone is 1. The van der Waals surface area contributed by atoms with Crippen molar-refractivity contribution in [2.75, 3.05) is 11.1 Å². The van der Waals surface area contributed by atoms with Gasteiger partial charge in [-0.1, -0.05) is 42.1 Å². The fourth-order valence-electron chi connectivity index (χ4n) is 3.36. The Labute approximate surface area is 186 Å². The number of thioether (sulfide) groups is 1. The molecule has 32 heavy (non-hydrogen) atoms. The summed E-state index contributed by atoms with van der Waals surface area (Å²) < 4.78 is 3.27. The molecule has 2 aromatic heterocycles. The van der Waals surface area contributed by atoms with Crippen LogP contribution in [0.5, 0.6) is 0 Å². The molecule has 9 nitrogen and oxygen atoms in total. The largest absolute Gasteiger partial charge is 0.369 e. The Hall–Kier alpha value is -3.92. The Bertz CT molecular complexity index is 1390. The van der Waals surface area contributed by atoms with Crippen LogP contribution in [-0.2, 0) is 22.6 Å². The molecule has 0 aliphatic rings. The molecule has 0 atom stereocenters. The van der Waals surface area contributed by atoms with Crippen LogP contribution < -0.4 is 16.6 Å². The summed E-state index contributed by atoms with van der Waals surface area (Å²) in [7, 11) is 0. The summed E-state index contributed by atoms with van der Waals surface area (Å²) in [5.41, 5.74) is 7.08. The van der Waals surface area contributed by atoms with Gasteiger partial charge in [0.1, 0.15) is 0 Å². The molecule has 0 fully saturated rings. The predicted octanol–water partition coefficient (Wildman–Crippen LogP) is 1.99. The maximum absolute atomic E-state index is 12.8. The topological polar surface area (TPSA) is 124 Å². The monoisotopic (exact) mass is 448 g/mol. The van der Waals surface area contributed by atoms with Crippen LogP contribution in [0.15, 0.2) is 71.1 Å². The third kappa shape index (κ3) is 4.26. The molecule has 0 bridgehead atoms. The number of amides is 2. The zero-order chi connectivity index (χ0) is 22.7. The number of carbonyl (C=O) groups is 2. The van der Waals surface area contributed by atoms with Crippen molar-refractivity contribution in [2.45, 2.75) is 18.1 Å². The Morgan fingerprint density at radius 1 is 1.12 bits per heavy atom. The minimum atomic E-state index is -0.412. The summed E-state index contributed by atoms with van der Waals surface area (Å²) >= 11 is 1.22. The minimum Gasteiger partial charge on any atom is -0.369 e. The Balaban J connectivity index is 1.56. The van der Waals surface area contributed by atoms with Crippen molar-refractivity contribution in [3.63, 3.8) is 0 Å². The second kappa shape index (κ2) is 9.06. The Kier molecular flexibility index (Phi) is 6.04. The number of fused-ring (bicyclic) bond motifs is 3. The van der Waals surface area contributed by atoms with E-state index in [4.69, 9.17) is 5.73 Å². The van der Waals surface area contributed by atoms with E-state index in [1.807, 2.05) is 12.1 Å². The van der Waals surface area contributed by atoms with E-state index in [0.717, 1.165) is 5.56 Å². The summed E-state index contributed by atoms with van der Waals surface area (Å²) in [6, 6.07) is 14.1. The number of primary amides is 1. The summed E-state index contributed by atoms with van der Waals surface area (Å²) in [5, 5.41) is 12.2. The normalized spacial score (nSPS) is 11.0. The number of anilines is 1. The van der Waals surface area contributed by atoms with Crippen LogP contribution in [0.3, 0.4) is 0 Å². The first-order chi connectivity index (χ1) is 15.5. The highest BCUT2D eigenvalue weighted by Crippen LogP contribution is 2.22. The molecular formula is C22H20N6O3S. The molecule has 0 spiro atoms. The molecule has 0 saturated carbocycles. The van der Waals surface area contributed by atoms with Gasteiger partial charge in [-0.05, 0) is 29.8 Å². The predicted molar refractivity (Wildman–Crippen MR) is 124 cm³/mol. The van der Waals surface area contributed by atoms with Crippen LogP contribution in [0, 0.1) is 0 Å². The molecule has 0 saturated heterocycles. The van der Waals surface area contributed by atoms with Crippen LogP contribution in [-0.4, -0.2) is 36.7 Å². The third-order valence-electron chi connectivity index (χ3n) is 4.74. The number of nitrogens with zero attached hydrogens (tertiary/aromatic N) is 4. The molecule has 2 heterocycles. The average Bonchev–Trinajstić information content (AvgIpc) is 3.20. The number of benzene rings is 2. The third-order valence-corrected chi connectivity index (χ3v) is 5.67. The highest BCUT2D eigenvalue weighted by molar-refractivity contribution is 7.99. The molecule has 2 aromatic carbocycles. The van der Waals surface area contributed by atoms with Gasteiger partial charge in [-0.15, -0.1) is 16.8 Å². The fourth-order valence-corrected chi connectivity index (χ4v) is 4.10. The molecular weight excluding hydrogens is 428 g/mol. The number of nitrogens with one attached hydrogen (secondary N) is 1. The lowest BCUT2D eigenvalue weighted by molar-refractivity contribution is -0.117. The van der Waals surface area contributed by atoms with E-state index in [1.54, 1.807) is 46.9 Å². The van der Waals surface area contributed by atoms with Gasteiger partial charge >= 0.3 is 0 Å². The number of carbonyl (C=O) groups excluding carboxylic acids is 2. The van der Waals surface area contributed by atoms with Gasteiger partial charge in [-0.2, -0.15) is 0 Å². The number of hydrogen-bond donors (Lipinski definition) is 2. The van der Waals surface area contributed by atoms with Crippen molar-refractivity contribution in [1.29, 1.82) is 0 Å². The van der Waals surface area contributed by atoms with Crippen molar-refractivity contribution >= 4 is 45.9 Å². The second-order valence-corrected chi connectivity index (χ2v) is 7.96. The van der Waals surface area contributed by atoms with Gasteiger partial charge < -0.3 is 11.1 Å². The second-order valence-electron chi connectivity index (χ2n) is 7.02. The van der Waals surface area contributed by atoms with Crippen molar-refractivity contribution in [2.24, 2.45) is 5.73 Å². The van der Waals surface area contributed by atoms with Gasteiger partial charge in [0, 0.05) is 12.2 Å². The van der Waals surface area contributed by atoms with E-state index >= 15 is 0 Å².